The highest BCUT2D eigenvalue weighted by molar-refractivity contribution is 6.02. The SMILES string of the molecule is COC(=O)c1ccc(CN(C(=O)Nc2cc(OC)cc(C(F)(F)F)c2)c2ccccc2C2CCCCC2)cc1. The molecule has 0 heterocycles. The molecule has 1 aliphatic carbocycles. The van der Waals surface area contributed by atoms with Gasteiger partial charge in [-0.05, 0) is 60.2 Å². The maximum Gasteiger partial charge on any atom is 0.416 e. The van der Waals surface area contributed by atoms with E-state index in [4.69, 9.17) is 9.47 Å². The van der Waals surface area contributed by atoms with E-state index in [1.807, 2.05) is 24.3 Å². The topological polar surface area (TPSA) is 67.9 Å². The lowest BCUT2D eigenvalue weighted by molar-refractivity contribution is -0.137. The Morgan fingerprint density at radius 1 is 0.949 bits per heavy atom. The molecule has 9 heteroatoms. The van der Waals surface area contributed by atoms with E-state index in [9.17, 15) is 22.8 Å². The van der Waals surface area contributed by atoms with Gasteiger partial charge in [-0.15, -0.1) is 0 Å². The van der Waals surface area contributed by atoms with Crippen LogP contribution in [0.2, 0.25) is 0 Å². The van der Waals surface area contributed by atoms with Crippen molar-refractivity contribution in [2.45, 2.75) is 50.7 Å². The second-order valence-corrected chi connectivity index (χ2v) is 9.55. The van der Waals surface area contributed by atoms with Crippen LogP contribution in [0.3, 0.4) is 0 Å². The molecule has 6 nitrogen and oxygen atoms in total. The summed E-state index contributed by atoms with van der Waals surface area (Å²) in [4.78, 5) is 27.1. The summed E-state index contributed by atoms with van der Waals surface area (Å²) in [6, 6.07) is 16.9. The lowest BCUT2D eigenvalue weighted by Crippen LogP contribution is -2.35. The predicted octanol–water partition coefficient (Wildman–Crippen LogP) is 7.79. The number of benzene rings is 3. The van der Waals surface area contributed by atoms with E-state index in [1.54, 1.807) is 24.3 Å². The normalized spacial score (nSPS) is 14.0. The second-order valence-electron chi connectivity index (χ2n) is 9.55. The van der Waals surface area contributed by atoms with Crippen LogP contribution in [0.15, 0.2) is 66.7 Å². The maximum absolute atomic E-state index is 13.8. The van der Waals surface area contributed by atoms with E-state index < -0.39 is 23.7 Å². The van der Waals surface area contributed by atoms with E-state index in [0.717, 1.165) is 48.9 Å². The number of hydrogen-bond donors (Lipinski definition) is 1. The molecule has 1 saturated carbocycles. The third kappa shape index (κ3) is 6.90. The van der Waals surface area contributed by atoms with Crippen LogP contribution in [0.4, 0.5) is 29.3 Å². The number of anilines is 2. The minimum Gasteiger partial charge on any atom is -0.497 e. The van der Waals surface area contributed by atoms with Crippen molar-refractivity contribution in [2.24, 2.45) is 0 Å². The Labute approximate surface area is 225 Å². The summed E-state index contributed by atoms with van der Waals surface area (Å²) in [7, 11) is 2.57. The number of para-hydroxylation sites is 1. The number of esters is 1. The van der Waals surface area contributed by atoms with Crippen molar-refractivity contribution in [2.75, 3.05) is 24.4 Å². The first kappa shape index (κ1) is 28.0. The monoisotopic (exact) mass is 540 g/mol. The van der Waals surface area contributed by atoms with Gasteiger partial charge in [-0.3, -0.25) is 4.90 Å². The summed E-state index contributed by atoms with van der Waals surface area (Å²) in [6.07, 6.45) is 0.778. The molecule has 3 aromatic carbocycles. The van der Waals surface area contributed by atoms with Crippen LogP contribution in [0.5, 0.6) is 5.75 Å². The van der Waals surface area contributed by atoms with Crippen molar-refractivity contribution >= 4 is 23.4 Å². The summed E-state index contributed by atoms with van der Waals surface area (Å²) < 4.78 is 50.3. The number of methoxy groups -OCH3 is 2. The Bertz CT molecular complexity index is 1300. The number of halogens is 3. The number of carbonyl (C=O) groups is 2. The van der Waals surface area contributed by atoms with Gasteiger partial charge in [0.2, 0.25) is 0 Å². The predicted molar refractivity (Wildman–Crippen MR) is 143 cm³/mol. The highest BCUT2D eigenvalue weighted by Crippen LogP contribution is 2.39. The lowest BCUT2D eigenvalue weighted by Gasteiger charge is -2.30. The molecule has 206 valence electrons. The Kier molecular flexibility index (Phi) is 8.79. The van der Waals surface area contributed by atoms with Crippen molar-refractivity contribution in [1.82, 2.24) is 0 Å². The molecule has 1 fully saturated rings. The fraction of sp³-hybridized carbons (Fsp3) is 0.333. The van der Waals surface area contributed by atoms with E-state index in [2.05, 4.69) is 5.32 Å². The highest BCUT2D eigenvalue weighted by Gasteiger charge is 2.32. The molecule has 0 aromatic heterocycles. The summed E-state index contributed by atoms with van der Waals surface area (Å²) in [5.74, 6) is -0.217. The Balaban J connectivity index is 1.71. The first-order valence-corrected chi connectivity index (χ1v) is 12.8. The van der Waals surface area contributed by atoms with Crippen LogP contribution >= 0.6 is 0 Å². The Hall–Kier alpha value is -4.01. The standard InChI is InChI=1S/C30H31F3N2O4/c1-38-25-17-23(30(31,32)33)16-24(18-25)34-29(37)35(19-20-12-14-22(15-13-20)28(36)39-2)27-11-7-6-10-26(27)21-8-4-3-5-9-21/h6-7,10-18,21H,3-5,8-9,19H2,1-2H3,(H,34,37). The Morgan fingerprint density at radius 3 is 2.28 bits per heavy atom. The van der Waals surface area contributed by atoms with Gasteiger partial charge in [-0.2, -0.15) is 13.2 Å². The van der Waals surface area contributed by atoms with E-state index >= 15 is 0 Å². The third-order valence-electron chi connectivity index (χ3n) is 6.95. The largest absolute Gasteiger partial charge is 0.497 e. The molecular formula is C30H31F3N2O4. The number of amides is 2. The smallest absolute Gasteiger partial charge is 0.416 e. The first-order valence-electron chi connectivity index (χ1n) is 12.8. The molecular weight excluding hydrogens is 509 g/mol. The van der Waals surface area contributed by atoms with Crippen LogP contribution in [0, 0.1) is 0 Å². The van der Waals surface area contributed by atoms with Gasteiger partial charge in [0.15, 0.2) is 0 Å². The molecule has 4 rings (SSSR count). The quantitative estimate of drug-likeness (QED) is 0.311. The molecule has 0 spiro atoms. The number of carbonyl (C=O) groups excluding carboxylic acids is 2. The summed E-state index contributed by atoms with van der Waals surface area (Å²) in [6.45, 7) is 0.132. The molecule has 0 saturated heterocycles. The van der Waals surface area contributed by atoms with Crippen LogP contribution in [0.25, 0.3) is 0 Å². The second kappa shape index (κ2) is 12.2. The van der Waals surface area contributed by atoms with Crippen molar-refractivity contribution in [3.8, 4) is 5.75 Å². The van der Waals surface area contributed by atoms with Gasteiger partial charge in [0.05, 0.1) is 31.9 Å². The molecule has 0 radical (unpaired) electrons. The molecule has 1 N–H and O–H groups in total. The van der Waals surface area contributed by atoms with Crippen molar-refractivity contribution in [1.29, 1.82) is 0 Å². The fourth-order valence-electron chi connectivity index (χ4n) is 4.95. The van der Waals surface area contributed by atoms with Crippen molar-refractivity contribution in [3.05, 3.63) is 89.0 Å². The molecule has 0 bridgehead atoms. The lowest BCUT2D eigenvalue weighted by atomic mass is 9.83. The molecule has 3 aromatic rings. The number of nitrogens with one attached hydrogen (secondary N) is 1. The number of nitrogens with zero attached hydrogens (tertiary/aromatic N) is 1. The van der Waals surface area contributed by atoms with E-state index in [0.29, 0.717) is 11.3 Å². The van der Waals surface area contributed by atoms with Gasteiger partial charge < -0.3 is 14.8 Å². The van der Waals surface area contributed by atoms with Gasteiger partial charge in [-0.1, -0.05) is 49.6 Å². The molecule has 2 amide bonds. The zero-order valence-corrected chi connectivity index (χ0v) is 21.9. The number of alkyl halides is 3. The van der Waals surface area contributed by atoms with Gasteiger partial charge in [0.1, 0.15) is 5.75 Å². The van der Waals surface area contributed by atoms with Crippen molar-refractivity contribution in [3.63, 3.8) is 0 Å². The van der Waals surface area contributed by atoms with Gasteiger partial charge in [0.25, 0.3) is 0 Å². The molecule has 0 aliphatic heterocycles. The minimum absolute atomic E-state index is 0.0207. The summed E-state index contributed by atoms with van der Waals surface area (Å²) in [5, 5.41) is 2.65. The van der Waals surface area contributed by atoms with Crippen molar-refractivity contribution < 1.29 is 32.2 Å². The summed E-state index contributed by atoms with van der Waals surface area (Å²) in [5.41, 5.74) is 1.87. The summed E-state index contributed by atoms with van der Waals surface area (Å²) >= 11 is 0. The van der Waals surface area contributed by atoms with E-state index in [-0.39, 0.29) is 23.9 Å². The van der Waals surface area contributed by atoms with Crippen LogP contribution in [-0.2, 0) is 17.5 Å². The average molecular weight is 541 g/mol. The van der Waals surface area contributed by atoms with Crippen LogP contribution in [-0.4, -0.2) is 26.2 Å². The zero-order valence-electron chi connectivity index (χ0n) is 21.9. The van der Waals surface area contributed by atoms with E-state index in [1.165, 1.54) is 31.6 Å². The average Bonchev–Trinajstić information content (AvgIpc) is 2.95. The number of rotatable bonds is 7. The fourth-order valence-corrected chi connectivity index (χ4v) is 4.95. The third-order valence-corrected chi connectivity index (χ3v) is 6.95. The number of urea groups is 1. The zero-order chi connectivity index (χ0) is 28.0. The van der Waals surface area contributed by atoms with Crippen LogP contribution in [0.1, 0.15) is 65.1 Å². The molecule has 0 atom stereocenters. The highest BCUT2D eigenvalue weighted by atomic mass is 19.4. The number of hydrogen-bond acceptors (Lipinski definition) is 4. The molecule has 1 aliphatic rings. The van der Waals surface area contributed by atoms with Crippen LogP contribution < -0.4 is 15.0 Å². The first-order chi connectivity index (χ1) is 18.7. The van der Waals surface area contributed by atoms with Gasteiger partial charge in [-0.25, -0.2) is 9.59 Å². The van der Waals surface area contributed by atoms with Gasteiger partial charge in [0, 0.05) is 17.4 Å². The minimum atomic E-state index is -4.61. The molecule has 0 unspecified atom stereocenters. The maximum atomic E-state index is 13.8. The van der Waals surface area contributed by atoms with Gasteiger partial charge >= 0.3 is 18.2 Å². The Morgan fingerprint density at radius 2 is 1.64 bits per heavy atom. The number of ether oxygens (including phenoxy) is 2. The molecule has 39 heavy (non-hydrogen) atoms.